The van der Waals surface area contributed by atoms with Crippen LogP contribution in [-0.2, 0) is 4.74 Å². The minimum atomic E-state index is 0.113. The van der Waals surface area contributed by atoms with Crippen molar-refractivity contribution < 1.29 is 9.47 Å². The van der Waals surface area contributed by atoms with Gasteiger partial charge in [0.2, 0.25) is 0 Å². The van der Waals surface area contributed by atoms with E-state index in [1.54, 1.807) is 6.20 Å². The highest BCUT2D eigenvalue weighted by Crippen LogP contribution is 2.34. The van der Waals surface area contributed by atoms with E-state index >= 15 is 0 Å². The predicted octanol–water partition coefficient (Wildman–Crippen LogP) is 4.35. The maximum absolute atomic E-state index is 9.77. The van der Waals surface area contributed by atoms with E-state index in [1.165, 1.54) is 5.69 Å². The van der Waals surface area contributed by atoms with Crippen molar-refractivity contribution in [2.45, 2.75) is 12.5 Å². The number of nitriles is 1. The molecule has 0 spiro atoms. The van der Waals surface area contributed by atoms with Crippen molar-refractivity contribution >= 4 is 16.7 Å². The maximum atomic E-state index is 9.77. The number of pyridine rings is 1. The molecule has 2 aliphatic rings. The Morgan fingerprint density at radius 3 is 2.63 bits per heavy atom. The highest BCUT2D eigenvalue weighted by molar-refractivity contribution is 5.96. The molecule has 4 aromatic rings. The number of nitrogens with zero attached hydrogens (tertiary/aromatic N) is 3. The first-order valence-electron chi connectivity index (χ1n) is 12.1. The van der Waals surface area contributed by atoms with Crippen molar-refractivity contribution in [1.82, 2.24) is 15.3 Å². The molecule has 2 aromatic carbocycles. The topological polar surface area (TPSA) is 86.2 Å². The summed E-state index contributed by atoms with van der Waals surface area (Å²) < 4.78 is 11.5. The van der Waals surface area contributed by atoms with Gasteiger partial charge in [0.05, 0.1) is 18.8 Å². The molecule has 2 fully saturated rings. The number of hydrogen-bond acceptors (Lipinski definition) is 6. The summed E-state index contributed by atoms with van der Waals surface area (Å²) in [6.07, 6.45) is 2.87. The van der Waals surface area contributed by atoms with Gasteiger partial charge in [-0.15, -0.1) is 0 Å². The zero-order valence-electron chi connectivity index (χ0n) is 19.5. The van der Waals surface area contributed by atoms with Crippen LogP contribution in [0.3, 0.4) is 0 Å². The second kappa shape index (κ2) is 9.41. The molecule has 0 bridgehead atoms. The molecule has 0 amide bonds. The number of aromatic nitrogens is 2. The van der Waals surface area contributed by atoms with Crippen molar-refractivity contribution in [3.8, 4) is 34.2 Å². The summed E-state index contributed by atoms with van der Waals surface area (Å²) in [5, 5.41) is 14.1. The van der Waals surface area contributed by atoms with Crippen LogP contribution < -0.4 is 15.0 Å². The third-order valence-electron chi connectivity index (χ3n) is 6.81. The molecule has 7 nitrogen and oxygen atoms in total. The predicted molar refractivity (Wildman–Crippen MR) is 137 cm³/mol. The zero-order chi connectivity index (χ0) is 23.6. The van der Waals surface area contributed by atoms with E-state index in [4.69, 9.17) is 9.47 Å². The lowest BCUT2D eigenvalue weighted by Gasteiger charge is -2.28. The molecule has 2 N–H and O–H groups in total. The Labute approximate surface area is 204 Å². The molecular weight excluding hydrogens is 438 g/mol. The number of morpholine rings is 1. The van der Waals surface area contributed by atoms with E-state index in [-0.39, 0.29) is 6.10 Å². The molecular formula is C28H27N5O2. The zero-order valence-corrected chi connectivity index (χ0v) is 19.5. The van der Waals surface area contributed by atoms with E-state index in [0.717, 1.165) is 79.2 Å². The number of benzene rings is 2. The molecule has 176 valence electrons. The molecule has 6 rings (SSSR count). The van der Waals surface area contributed by atoms with E-state index in [1.807, 2.05) is 24.3 Å². The fourth-order valence-corrected chi connectivity index (χ4v) is 4.90. The first kappa shape index (κ1) is 21.7. The molecule has 0 saturated carbocycles. The lowest BCUT2D eigenvalue weighted by molar-refractivity contribution is 0.122. The molecule has 7 heteroatoms. The minimum absolute atomic E-state index is 0.113. The largest absolute Gasteiger partial charge is 0.488 e. The fourth-order valence-electron chi connectivity index (χ4n) is 4.90. The third kappa shape index (κ3) is 4.34. The fraction of sp³-hybridized carbons (Fsp3) is 0.286. The Morgan fingerprint density at radius 2 is 1.86 bits per heavy atom. The number of rotatable bonds is 5. The average molecular weight is 466 g/mol. The first-order chi connectivity index (χ1) is 17.3. The van der Waals surface area contributed by atoms with Gasteiger partial charge < -0.3 is 24.7 Å². The Balaban J connectivity index is 1.30. The Hall–Kier alpha value is -3.86. The second-order valence-corrected chi connectivity index (χ2v) is 9.01. The van der Waals surface area contributed by atoms with Crippen molar-refractivity contribution in [2.75, 3.05) is 44.3 Å². The highest BCUT2D eigenvalue weighted by Gasteiger charge is 2.19. The van der Waals surface area contributed by atoms with Crippen LogP contribution in [0.5, 0.6) is 5.75 Å². The Morgan fingerprint density at radius 1 is 1.03 bits per heavy atom. The number of aromatic amines is 1. The molecule has 2 aromatic heterocycles. The van der Waals surface area contributed by atoms with E-state index in [0.29, 0.717) is 11.3 Å². The summed E-state index contributed by atoms with van der Waals surface area (Å²) in [5.74, 6) is 0.644. The van der Waals surface area contributed by atoms with Crippen molar-refractivity contribution in [3.63, 3.8) is 0 Å². The van der Waals surface area contributed by atoms with Gasteiger partial charge in [-0.3, -0.25) is 0 Å². The Bertz CT molecular complexity index is 1380. The molecule has 35 heavy (non-hydrogen) atoms. The monoisotopic (exact) mass is 465 g/mol. The quantitative estimate of drug-likeness (QED) is 0.456. The summed E-state index contributed by atoms with van der Waals surface area (Å²) in [7, 11) is 0. The highest BCUT2D eigenvalue weighted by atomic mass is 16.5. The first-order valence-corrected chi connectivity index (χ1v) is 12.1. The number of anilines is 1. The van der Waals surface area contributed by atoms with Crippen LogP contribution >= 0.6 is 0 Å². The summed E-state index contributed by atoms with van der Waals surface area (Å²) >= 11 is 0. The SMILES string of the molecule is N#Cc1cc(-c2ccnc3[nH]c(-c4ccc(N5CCOCC5)cc4)cc23)ccc1O[C@H]1CCNC1. The summed E-state index contributed by atoms with van der Waals surface area (Å²) in [4.78, 5) is 10.4. The van der Waals surface area contributed by atoms with Crippen molar-refractivity contribution in [3.05, 3.63) is 66.4 Å². The van der Waals surface area contributed by atoms with Crippen LogP contribution in [0.15, 0.2) is 60.8 Å². The molecule has 0 radical (unpaired) electrons. The van der Waals surface area contributed by atoms with Crippen LogP contribution in [0.1, 0.15) is 12.0 Å². The number of fused-ring (bicyclic) bond motifs is 1. The van der Waals surface area contributed by atoms with Gasteiger partial charge in [0, 0.05) is 42.6 Å². The van der Waals surface area contributed by atoms with Crippen LogP contribution in [0.4, 0.5) is 5.69 Å². The number of ether oxygens (including phenoxy) is 2. The number of H-pyrrole nitrogens is 1. The van der Waals surface area contributed by atoms with E-state index in [9.17, 15) is 5.26 Å². The number of nitrogens with one attached hydrogen (secondary N) is 2. The van der Waals surface area contributed by atoms with Crippen LogP contribution in [0.2, 0.25) is 0 Å². The lowest BCUT2D eigenvalue weighted by atomic mass is 10.0. The molecule has 0 unspecified atom stereocenters. The van der Waals surface area contributed by atoms with E-state index < -0.39 is 0 Å². The summed E-state index contributed by atoms with van der Waals surface area (Å²) in [6, 6.07) is 20.9. The average Bonchev–Trinajstić information content (AvgIpc) is 3.59. The van der Waals surface area contributed by atoms with Crippen LogP contribution in [0, 0.1) is 11.3 Å². The van der Waals surface area contributed by atoms with Gasteiger partial charge in [-0.05, 0) is 66.1 Å². The van der Waals surface area contributed by atoms with Gasteiger partial charge in [0.25, 0.3) is 0 Å². The van der Waals surface area contributed by atoms with Gasteiger partial charge in [-0.2, -0.15) is 5.26 Å². The molecule has 2 aliphatic heterocycles. The molecule has 0 aliphatic carbocycles. The normalized spacial score (nSPS) is 18.0. The van der Waals surface area contributed by atoms with Gasteiger partial charge in [0.15, 0.2) is 0 Å². The van der Waals surface area contributed by atoms with Gasteiger partial charge in [-0.25, -0.2) is 4.98 Å². The smallest absolute Gasteiger partial charge is 0.138 e. The van der Waals surface area contributed by atoms with Gasteiger partial charge in [0.1, 0.15) is 23.6 Å². The minimum Gasteiger partial charge on any atom is -0.488 e. The summed E-state index contributed by atoms with van der Waals surface area (Å²) in [5.41, 5.74) is 6.72. The van der Waals surface area contributed by atoms with Crippen molar-refractivity contribution in [2.24, 2.45) is 0 Å². The lowest BCUT2D eigenvalue weighted by Crippen LogP contribution is -2.36. The molecule has 1 atom stereocenters. The molecule has 4 heterocycles. The van der Waals surface area contributed by atoms with Gasteiger partial charge in [-0.1, -0.05) is 18.2 Å². The third-order valence-corrected chi connectivity index (χ3v) is 6.81. The number of hydrogen-bond donors (Lipinski definition) is 2. The molecule has 2 saturated heterocycles. The van der Waals surface area contributed by atoms with Crippen LogP contribution in [0.25, 0.3) is 33.4 Å². The van der Waals surface area contributed by atoms with E-state index in [2.05, 4.69) is 56.6 Å². The van der Waals surface area contributed by atoms with Gasteiger partial charge >= 0.3 is 0 Å². The Kier molecular flexibility index (Phi) is 5.83. The van der Waals surface area contributed by atoms with Crippen molar-refractivity contribution in [1.29, 1.82) is 5.26 Å². The van der Waals surface area contributed by atoms with Crippen LogP contribution in [-0.4, -0.2) is 55.5 Å². The summed E-state index contributed by atoms with van der Waals surface area (Å²) in [6.45, 7) is 5.16. The second-order valence-electron chi connectivity index (χ2n) is 9.01. The standard InChI is InChI=1S/C28H27N5O2/c29-17-21-15-20(3-6-27(21)35-23-7-9-30-18-23)24-8-10-31-28-25(24)16-26(32-28)19-1-4-22(5-2-19)33-11-13-34-14-12-33/h1-6,8,10,15-16,23,30H,7,9,11-14,18H2,(H,31,32)/t23-/m0/s1. The maximum Gasteiger partial charge on any atom is 0.138 e.